The summed E-state index contributed by atoms with van der Waals surface area (Å²) >= 11 is 0. The Bertz CT molecular complexity index is 442. The standard InChI is InChI=1S/C16H21FO4/c1-2-3-4-11-20-15(18)9-10-16(19)21-12-13-5-7-14(17)8-6-13/h5-8H,2-4,9-12H2,1H3. The van der Waals surface area contributed by atoms with Crippen molar-refractivity contribution >= 4 is 11.9 Å². The van der Waals surface area contributed by atoms with Gasteiger partial charge in [-0.15, -0.1) is 0 Å². The minimum absolute atomic E-state index is 0.00615. The van der Waals surface area contributed by atoms with E-state index in [0.717, 1.165) is 19.3 Å². The van der Waals surface area contributed by atoms with E-state index >= 15 is 0 Å². The van der Waals surface area contributed by atoms with Gasteiger partial charge >= 0.3 is 11.9 Å². The number of carbonyl (C=O) groups is 2. The average Bonchev–Trinajstić information content (AvgIpc) is 2.49. The van der Waals surface area contributed by atoms with Gasteiger partial charge in [0.25, 0.3) is 0 Å². The van der Waals surface area contributed by atoms with E-state index in [1.54, 1.807) is 12.1 Å². The van der Waals surface area contributed by atoms with Gasteiger partial charge in [0.1, 0.15) is 12.4 Å². The van der Waals surface area contributed by atoms with Crippen molar-refractivity contribution < 1.29 is 23.5 Å². The second-order valence-electron chi connectivity index (χ2n) is 4.71. The SMILES string of the molecule is CCCCCOC(=O)CCC(=O)OCc1ccc(F)cc1. The second kappa shape index (κ2) is 9.91. The smallest absolute Gasteiger partial charge is 0.306 e. The van der Waals surface area contributed by atoms with Gasteiger partial charge in [0.05, 0.1) is 19.4 Å². The van der Waals surface area contributed by atoms with Gasteiger partial charge in [-0.25, -0.2) is 4.39 Å². The molecule has 21 heavy (non-hydrogen) atoms. The van der Waals surface area contributed by atoms with E-state index in [2.05, 4.69) is 6.92 Å². The lowest BCUT2D eigenvalue weighted by atomic mass is 10.2. The summed E-state index contributed by atoms with van der Waals surface area (Å²) in [5.41, 5.74) is 0.701. The molecule has 0 aliphatic rings. The van der Waals surface area contributed by atoms with Crippen molar-refractivity contribution in [2.75, 3.05) is 6.61 Å². The number of halogens is 1. The largest absolute Gasteiger partial charge is 0.466 e. The molecule has 0 aromatic heterocycles. The van der Waals surface area contributed by atoms with E-state index in [9.17, 15) is 14.0 Å². The molecule has 5 heteroatoms. The maximum atomic E-state index is 12.7. The predicted molar refractivity (Wildman–Crippen MR) is 75.9 cm³/mol. The summed E-state index contributed by atoms with van der Waals surface area (Å²) in [6.45, 7) is 2.54. The van der Waals surface area contributed by atoms with Crippen molar-refractivity contribution in [3.05, 3.63) is 35.6 Å². The molecule has 0 amide bonds. The summed E-state index contributed by atoms with van der Waals surface area (Å²) in [7, 11) is 0. The third kappa shape index (κ3) is 8.07. The Balaban J connectivity index is 2.13. The van der Waals surface area contributed by atoms with Crippen LogP contribution in [0, 0.1) is 5.82 Å². The minimum atomic E-state index is -0.468. The third-order valence-corrected chi connectivity index (χ3v) is 2.86. The van der Waals surface area contributed by atoms with Crippen LogP contribution in [0.25, 0.3) is 0 Å². The van der Waals surface area contributed by atoms with Gasteiger partial charge < -0.3 is 9.47 Å². The van der Waals surface area contributed by atoms with Crippen LogP contribution in [0.5, 0.6) is 0 Å². The Morgan fingerprint density at radius 1 is 1.00 bits per heavy atom. The van der Waals surface area contributed by atoms with Gasteiger partial charge in [0, 0.05) is 0 Å². The van der Waals surface area contributed by atoms with Gasteiger partial charge in [0.2, 0.25) is 0 Å². The van der Waals surface area contributed by atoms with E-state index in [4.69, 9.17) is 9.47 Å². The highest BCUT2D eigenvalue weighted by atomic mass is 19.1. The van der Waals surface area contributed by atoms with Crippen molar-refractivity contribution in [2.24, 2.45) is 0 Å². The summed E-state index contributed by atoms with van der Waals surface area (Å²) in [5, 5.41) is 0. The van der Waals surface area contributed by atoms with Gasteiger partial charge in [-0.3, -0.25) is 9.59 Å². The molecule has 1 rings (SSSR count). The lowest BCUT2D eigenvalue weighted by Gasteiger charge is -2.06. The van der Waals surface area contributed by atoms with Crippen molar-refractivity contribution in [3.8, 4) is 0 Å². The molecular weight excluding hydrogens is 275 g/mol. The van der Waals surface area contributed by atoms with Gasteiger partial charge in [-0.2, -0.15) is 0 Å². The maximum Gasteiger partial charge on any atom is 0.306 e. The molecule has 0 aliphatic heterocycles. The first-order valence-electron chi connectivity index (χ1n) is 7.17. The summed E-state index contributed by atoms with van der Waals surface area (Å²) in [6, 6.07) is 5.70. The Hall–Kier alpha value is -1.91. The molecule has 1 aromatic rings. The number of hydrogen-bond donors (Lipinski definition) is 0. The molecule has 1 aromatic carbocycles. The van der Waals surface area contributed by atoms with E-state index in [1.807, 2.05) is 0 Å². The lowest BCUT2D eigenvalue weighted by molar-refractivity contribution is -0.151. The zero-order chi connectivity index (χ0) is 15.5. The molecule has 116 valence electrons. The zero-order valence-electron chi connectivity index (χ0n) is 12.3. The summed E-state index contributed by atoms with van der Waals surface area (Å²) in [5.74, 6) is -1.19. The fourth-order valence-corrected chi connectivity index (χ4v) is 1.63. The molecule has 0 unspecified atom stereocenters. The van der Waals surface area contributed by atoms with Crippen LogP contribution in [-0.2, 0) is 25.7 Å². The average molecular weight is 296 g/mol. The topological polar surface area (TPSA) is 52.6 Å². The normalized spacial score (nSPS) is 10.2. The zero-order valence-corrected chi connectivity index (χ0v) is 12.3. The first-order chi connectivity index (χ1) is 10.1. The lowest BCUT2D eigenvalue weighted by Crippen LogP contribution is -2.11. The van der Waals surface area contributed by atoms with Gasteiger partial charge in [-0.1, -0.05) is 31.9 Å². The molecule has 0 fully saturated rings. The number of ether oxygens (including phenoxy) is 2. The Kier molecular flexibility index (Phi) is 8.09. The molecule has 0 N–H and O–H groups in total. The van der Waals surface area contributed by atoms with E-state index in [0.29, 0.717) is 12.2 Å². The first-order valence-corrected chi connectivity index (χ1v) is 7.17. The van der Waals surface area contributed by atoms with Crippen LogP contribution in [0.3, 0.4) is 0 Å². The molecule has 0 radical (unpaired) electrons. The van der Waals surface area contributed by atoms with E-state index < -0.39 is 5.97 Å². The van der Waals surface area contributed by atoms with Crippen LogP contribution in [0.2, 0.25) is 0 Å². The fraction of sp³-hybridized carbons (Fsp3) is 0.500. The van der Waals surface area contributed by atoms with Crippen molar-refractivity contribution in [2.45, 2.75) is 45.6 Å². The molecular formula is C16H21FO4. The van der Waals surface area contributed by atoms with Crippen LogP contribution >= 0.6 is 0 Å². The van der Waals surface area contributed by atoms with Crippen LogP contribution in [0.1, 0.15) is 44.6 Å². The Morgan fingerprint density at radius 3 is 2.24 bits per heavy atom. The van der Waals surface area contributed by atoms with Crippen molar-refractivity contribution in [1.29, 1.82) is 0 Å². The molecule has 4 nitrogen and oxygen atoms in total. The Morgan fingerprint density at radius 2 is 1.62 bits per heavy atom. The predicted octanol–water partition coefficient (Wildman–Crippen LogP) is 3.38. The number of rotatable bonds is 9. The molecule has 0 heterocycles. The fourth-order valence-electron chi connectivity index (χ4n) is 1.63. The molecule has 0 atom stereocenters. The minimum Gasteiger partial charge on any atom is -0.466 e. The number of unbranched alkanes of at least 4 members (excludes halogenated alkanes) is 2. The summed E-state index contributed by atoms with van der Waals surface area (Å²) < 4.78 is 22.7. The monoisotopic (exact) mass is 296 g/mol. The number of esters is 2. The molecule has 0 saturated carbocycles. The van der Waals surface area contributed by atoms with Crippen LogP contribution in [0.4, 0.5) is 4.39 Å². The quantitative estimate of drug-likeness (QED) is 0.518. The second-order valence-corrected chi connectivity index (χ2v) is 4.71. The van der Waals surface area contributed by atoms with Crippen LogP contribution in [0.15, 0.2) is 24.3 Å². The van der Waals surface area contributed by atoms with Crippen molar-refractivity contribution in [3.63, 3.8) is 0 Å². The van der Waals surface area contributed by atoms with Crippen molar-refractivity contribution in [1.82, 2.24) is 0 Å². The van der Waals surface area contributed by atoms with E-state index in [1.165, 1.54) is 12.1 Å². The highest BCUT2D eigenvalue weighted by Gasteiger charge is 2.09. The highest BCUT2D eigenvalue weighted by molar-refractivity contribution is 5.77. The van der Waals surface area contributed by atoms with Gasteiger partial charge in [0.15, 0.2) is 0 Å². The first kappa shape index (κ1) is 17.1. The maximum absolute atomic E-state index is 12.7. The van der Waals surface area contributed by atoms with E-state index in [-0.39, 0.29) is 31.2 Å². The van der Waals surface area contributed by atoms with Gasteiger partial charge in [-0.05, 0) is 24.1 Å². The van der Waals surface area contributed by atoms with Crippen LogP contribution in [-0.4, -0.2) is 18.5 Å². The third-order valence-electron chi connectivity index (χ3n) is 2.86. The number of hydrogen-bond acceptors (Lipinski definition) is 4. The molecule has 0 spiro atoms. The number of benzene rings is 1. The number of carbonyl (C=O) groups excluding carboxylic acids is 2. The summed E-state index contributed by atoms with van der Waals surface area (Å²) in [6.07, 6.45) is 2.94. The Labute approximate surface area is 124 Å². The molecule has 0 aliphatic carbocycles. The highest BCUT2D eigenvalue weighted by Crippen LogP contribution is 2.06. The summed E-state index contributed by atoms with van der Waals surface area (Å²) in [4.78, 5) is 22.8. The van der Waals surface area contributed by atoms with Crippen LogP contribution < -0.4 is 0 Å². The molecule has 0 saturated heterocycles. The molecule has 0 bridgehead atoms.